The highest BCUT2D eigenvalue weighted by atomic mass is 35.5. The number of nitrogens with zero attached hydrogens (tertiary/aromatic N) is 1. The number of β-amino-alcohol motifs (C(OH)–C–C–N with tert-alkyl or cyclic N) is 1. The standard InChI is InChI=1S/C22H27ClN2O5/c1-15(26)24-21-8-7-19(28-2)11-22(21)29-14-17(27)12-25-10-9-20(13-25)30-18-5-3-16(23)4-6-18/h3-8,11,17,20,27H,9-10,12-14H2,1-2H3,(H,24,26). The minimum absolute atomic E-state index is 0.0732. The summed E-state index contributed by atoms with van der Waals surface area (Å²) in [4.78, 5) is 13.5. The Morgan fingerprint density at radius 2 is 2.00 bits per heavy atom. The number of halogens is 1. The molecule has 0 aromatic heterocycles. The lowest BCUT2D eigenvalue weighted by molar-refractivity contribution is -0.114. The van der Waals surface area contributed by atoms with Crippen molar-refractivity contribution in [1.29, 1.82) is 0 Å². The van der Waals surface area contributed by atoms with Crippen LogP contribution in [-0.4, -0.2) is 61.5 Å². The van der Waals surface area contributed by atoms with Crippen LogP contribution in [0.4, 0.5) is 5.69 Å². The fraction of sp³-hybridized carbons (Fsp3) is 0.409. The van der Waals surface area contributed by atoms with Crippen LogP contribution < -0.4 is 19.5 Å². The van der Waals surface area contributed by atoms with Gasteiger partial charge < -0.3 is 24.6 Å². The van der Waals surface area contributed by atoms with Crippen LogP contribution in [0.15, 0.2) is 42.5 Å². The van der Waals surface area contributed by atoms with Gasteiger partial charge in [-0.2, -0.15) is 0 Å². The van der Waals surface area contributed by atoms with Crippen molar-refractivity contribution in [3.63, 3.8) is 0 Å². The van der Waals surface area contributed by atoms with Gasteiger partial charge in [0.25, 0.3) is 0 Å². The van der Waals surface area contributed by atoms with Crippen LogP contribution in [0.3, 0.4) is 0 Å². The molecule has 3 rings (SSSR count). The first-order chi connectivity index (χ1) is 14.4. The van der Waals surface area contributed by atoms with E-state index in [0.717, 1.165) is 25.3 Å². The van der Waals surface area contributed by atoms with Crippen molar-refractivity contribution < 1.29 is 24.1 Å². The number of ether oxygens (including phenoxy) is 3. The number of hydrogen-bond donors (Lipinski definition) is 2. The molecule has 1 heterocycles. The third kappa shape index (κ3) is 6.52. The molecule has 0 saturated carbocycles. The Hall–Kier alpha value is -2.48. The molecule has 0 bridgehead atoms. The van der Waals surface area contributed by atoms with Gasteiger partial charge in [0.2, 0.25) is 5.91 Å². The third-order valence-corrected chi connectivity index (χ3v) is 5.00. The van der Waals surface area contributed by atoms with Gasteiger partial charge >= 0.3 is 0 Å². The van der Waals surface area contributed by atoms with Gasteiger partial charge in [-0.25, -0.2) is 0 Å². The smallest absolute Gasteiger partial charge is 0.221 e. The second kappa shape index (κ2) is 10.5. The second-order valence-corrected chi connectivity index (χ2v) is 7.69. The Morgan fingerprint density at radius 1 is 1.27 bits per heavy atom. The second-order valence-electron chi connectivity index (χ2n) is 7.25. The number of likely N-dealkylation sites (tertiary alicyclic amines) is 1. The first kappa shape index (κ1) is 22.2. The van der Waals surface area contributed by atoms with Crippen LogP contribution in [0.25, 0.3) is 0 Å². The molecule has 1 aliphatic heterocycles. The Bertz CT molecular complexity index is 846. The lowest BCUT2D eigenvalue weighted by atomic mass is 10.2. The average molecular weight is 435 g/mol. The number of rotatable bonds is 9. The SMILES string of the molecule is COc1ccc(NC(C)=O)c(OCC(O)CN2CCC(Oc3ccc(Cl)cc3)C2)c1. The Labute approximate surface area is 181 Å². The molecule has 1 saturated heterocycles. The highest BCUT2D eigenvalue weighted by molar-refractivity contribution is 6.30. The van der Waals surface area contributed by atoms with Gasteiger partial charge in [0, 0.05) is 37.6 Å². The molecule has 2 N–H and O–H groups in total. The summed E-state index contributed by atoms with van der Waals surface area (Å²) >= 11 is 5.90. The number of anilines is 1. The number of amides is 1. The summed E-state index contributed by atoms with van der Waals surface area (Å²) in [5.74, 6) is 1.65. The number of aliphatic hydroxyl groups excluding tert-OH is 1. The molecular weight excluding hydrogens is 408 g/mol. The molecule has 1 fully saturated rings. The maximum atomic E-state index is 11.4. The molecule has 2 atom stereocenters. The topological polar surface area (TPSA) is 80.3 Å². The molecular formula is C22H27ClN2O5. The van der Waals surface area contributed by atoms with E-state index in [-0.39, 0.29) is 18.6 Å². The van der Waals surface area contributed by atoms with Gasteiger partial charge in [-0.1, -0.05) is 11.6 Å². The fourth-order valence-corrected chi connectivity index (χ4v) is 3.47. The highest BCUT2D eigenvalue weighted by Crippen LogP contribution is 2.29. The predicted octanol–water partition coefficient (Wildman–Crippen LogP) is 3.20. The number of aliphatic hydroxyl groups is 1. The van der Waals surface area contributed by atoms with E-state index in [0.29, 0.717) is 28.8 Å². The maximum absolute atomic E-state index is 11.4. The summed E-state index contributed by atoms with van der Waals surface area (Å²) in [7, 11) is 1.56. The summed E-state index contributed by atoms with van der Waals surface area (Å²) in [6, 6.07) is 12.4. The van der Waals surface area contributed by atoms with E-state index >= 15 is 0 Å². The lowest BCUT2D eigenvalue weighted by Gasteiger charge is -2.21. The van der Waals surface area contributed by atoms with Gasteiger partial charge in [0.1, 0.15) is 36.1 Å². The largest absolute Gasteiger partial charge is 0.497 e. The van der Waals surface area contributed by atoms with Gasteiger partial charge in [-0.15, -0.1) is 0 Å². The van der Waals surface area contributed by atoms with E-state index in [1.54, 1.807) is 37.4 Å². The molecule has 2 aromatic rings. The minimum atomic E-state index is -0.685. The Kier molecular flexibility index (Phi) is 7.79. The van der Waals surface area contributed by atoms with Crippen LogP contribution in [-0.2, 0) is 4.79 Å². The van der Waals surface area contributed by atoms with Crippen molar-refractivity contribution in [2.45, 2.75) is 25.6 Å². The normalized spacial score (nSPS) is 17.4. The molecule has 0 spiro atoms. The van der Waals surface area contributed by atoms with Crippen LogP contribution in [0, 0.1) is 0 Å². The lowest BCUT2D eigenvalue weighted by Crippen LogP contribution is -2.35. The van der Waals surface area contributed by atoms with E-state index in [2.05, 4.69) is 10.2 Å². The number of methoxy groups -OCH3 is 1. The molecule has 0 radical (unpaired) electrons. The van der Waals surface area contributed by atoms with E-state index in [4.69, 9.17) is 25.8 Å². The van der Waals surface area contributed by atoms with E-state index in [1.807, 2.05) is 12.1 Å². The zero-order valence-corrected chi connectivity index (χ0v) is 17.9. The number of carbonyl (C=O) groups is 1. The van der Waals surface area contributed by atoms with E-state index < -0.39 is 6.10 Å². The summed E-state index contributed by atoms with van der Waals surface area (Å²) in [5, 5.41) is 13.8. The summed E-state index contributed by atoms with van der Waals surface area (Å²) < 4.78 is 17.0. The molecule has 8 heteroatoms. The van der Waals surface area contributed by atoms with Crippen molar-refractivity contribution >= 4 is 23.2 Å². The van der Waals surface area contributed by atoms with Crippen LogP contribution in [0.5, 0.6) is 17.2 Å². The van der Waals surface area contributed by atoms with Crippen LogP contribution >= 0.6 is 11.6 Å². The zero-order chi connectivity index (χ0) is 21.5. The molecule has 30 heavy (non-hydrogen) atoms. The van der Waals surface area contributed by atoms with Crippen molar-refractivity contribution in [3.8, 4) is 17.2 Å². The molecule has 0 aliphatic carbocycles. The summed E-state index contributed by atoms with van der Waals surface area (Å²) in [6.45, 7) is 3.57. The van der Waals surface area contributed by atoms with Crippen LogP contribution in [0.2, 0.25) is 5.02 Å². The first-order valence-corrected chi connectivity index (χ1v) is 10.2. The maximum Gasteiger partial charge on any atom is 0.221 e. The van der Waals surface area contributed by atoms with Crippen molar-refractivity contribution in [2.75, 3.05) is 38.7 Å². The van der Waals surface area contributed by atoms with Crippen LogP contribution in [0.1, 0.15) is 13.3 Å². The van der Waals surface area contributed by atoms with Crippen molar-refractivity contribution in [2.24, 2.45) is 0 Å². The number of benzene rings is 2. The third-order valence-electron chi connectivity index (χ3n) is 4.75. The summed E-state index contributed by atoms with van der Waals surface area (Å²) in [6.07, 6.45) is 0.276. The Balaban J connectivity index is 1.48. The number of carbonyl (C=O) groups excluding carboxylic acids is 1. The number of nitrogens with one attached hydrogen (secondary N) is 1. The average Bonchev–Trinajstić information content (AvgIpc) is 3.15. The van der Waals surface area contributed by atoms with Gasteiger partial charge in [-0.05, 0) is 42.8 Å². The van der Waals surface area contributed by atoms with E-state index in [1.165, 1.54) is 6.92 Å². The monoisotopic (exact) mass is 434 g/mol. The van der Waals surface area contributed by atoms with Crippen molar-refractivity contribution in [3.05, 3.63) is 47.5 Å². The molecule has 162 valence electrons. The zero-order valence-electron chi connectivity index (χ0n) is 17.1. The van der Waals surface area contributed by atoms with E-state index in [9.17, 15) is 9.90 Å². The molecule has 1 amide bonds. The quantitative estimate of drug-likeness (QED) is 0.631. The van der Waals surface area contributed by atoms with Gasteiger partial charge in [0.15, 0.2) is 0 Å². The summed E-state index contributed by atoms with van der Waals surface area (Å²) in [5.41, 5.74) is 0.535. The predicted molar refractivity (Wildman–Crippen MR) is 116 cm³/mol. The van der Waals surface area contributed by atoms with Crippen molar-refractivity contribution in [1.82, 2.24) is 4.90 Å². The molecule has 7 nitrogen and oxygen atoms in total. The first-order valence-electron chi connectivity index (χ1n) is 9.84. The van der Waals surface area contributed by atoms with Gasteiger partial charge in [0.05, 0.1) is 12.8 Å². The Morgan fingerprint density at radius 3 is 2.70 bits per heavy atom. The molecule has 1 aliphatic rings. The number of hydrogen-bond acceptors (Lipinski definition) is 6. The molecule has 2 unspecified atom stereocenters. The molecule has 2 aromatic carbocycles. The highest BCUT2D eigenvalue weighted by Gasteiger charge is 2.26. The van der Waals surface area contributed by atoms with Gasteiger partial charge in [-0.3, -0.25) is 9.69 Å². The minimum Gasteiger partial charge on any atom is -0.497 e. The fourth-order valence-electron chi connectivity index (χ4n) is 3.34.